The van der Waals surface area contributed by atoms with Crippen LogP contribution in [-0.4, -0.2) is 15.4 Å². The third-order valence-corrected chi connectivity index (χ3v) is 5.22. The summed E-state index contributed by atoms with van der Waals surface area (Å²) < 4.78 is 16.8. The Labute approximate surface area is 143 Å². The van der Waals surface area contributed by atoms with Crippen LogP contribution in [-0.2, 0) is 13.0 Å². The highest BCUT2D eigenvalue weighted by molar-refractivity contribution is 9.11. The number of imidazole rings is 1. The number of alkyl halides is 1. The summed E-state index contributed by atoms with van der Waals surface area (Å²) in [4.78, 5) is 5.69. The van der Waals surface area contributed by atoms with Crippen molar-refractivity contribution in [3.8, 4) is 0 Å². The second-order valence-corrected chi connectivity index (χ2v) is 7.85. The van der Waals surface area contributed by atoms with Crippen LogP contribution in [0.5, 0.6) is 0 Å². The van der Waals surface area contributed by atoms with E-state index in [4.69, 9.17) is 23.2 Å². The zero-order valence-corrected chi connectivity index (χ0v) is 14.7. The molecule has 7 heteroatoms. The number of thiophene rings is 1. The van der Waals surface area contributed by atoms with Gasteiger partial charge >= 0.3 is 0 Å². The molecule has 0 aliphatic carbocycles. The highest BCUT2D eigenvalue weighted by Crippen LogP contribution is 2.28. The van der Waals surface area contributed by atoms with E-state index in [1.54, 1.807) is 17.4 Å². The van der Waals surface area contributed by atoms with Crippen molar-refractivity contribution in [2.24, 2.45) is 0 Å². The Balaban J connectivity index is 2.12. The largest absolute Gasteiger partial charge is 0.323 e. The smallest absolute Gasteiger partial charge is 0.144 e. The first kappa shape index (κ1) is 15.3. The van der Waals surface area contributed by atoms with E-state index in [1.165, 1.54) is 6.07 Å². The molecule has 0 saturated carbocycles. The maximum Gasteiger partial charge on any atom is 0.144 e. The van der Waals surface area contributed by atoms with Crippen molar-refractivity contribution in [1.29, 1.82) is 0 Å². The van der Waals surface area contributed by atoms with Gasteiger partial charge < -0.3 is 4.57 Å². The van der Waals surface area contributed by atoms with Gasteiger partial charge in [-0.1, -0.05) is 11.6 Å². The van der Waals surface area contributed by atoms with Crippen molar-refractivity contribution in [2.45, 2.75) is 13.0 Å². The fraction of sp³-hybridized carbons (Fsp3) is 0.214. The van der Waals surface area contributed by atoms with E-state index in [-0.39, 0.29) is 5.02 Å². The normalized spacial score (nSPS) is 11.4. The summed E-state index contributed by atoms with van der Waals surface area (Å²) in [5, 5.41) is 0.0865. The molecule has 110 valence electrons. The topological polar surface area (TPSA) is 17.8 Å². The van der Waals surface area contributed by atoms with E-state index in [1.807, 2.05) is 16.7 Å². The summed E-state index contributed by atoms with van der Waals surface area (Å²) in [6.45, 7) is 0.639. The Kier molecular flexibility index (Phi) is 4.54. The third kappa shape index (κ3) is 3.11. The molecule has 21 heavy (non-hydrogen) atoms. The number of fused-ring (bicyclic) bond motifs is 1. The number of rotatable bonds is 4. The van der Waals surface area contributed by atoms with Crippen molar-refractivity contribution >= 4 is 61.5 Å². The Morgan fingerprint density at radius 1 is 1.33 bits per heavy atom. The van der Waals surface area contributed by atoms with Crippen LogP contribution < -0.4 is 0 Å². The standard InChI is InChI=1S/C14H10BrCl2FN2S/c15-13-2-1-8(21-13)7-20-12-6-10(18)9(17)5-11(12)19-14(20)3-4-16/h1-2,5-6H,3-4,7H2. The predicted molar refractivity (Wildman–Crippen MR) is 90.2 cm³/mol. The molecule has 3 aromatic rings. The molecule has 0 N–H and O–H groups in total. The lowest BCUT2D eigenvalue weighted by Crippen LogP contribution is -2.05. The van der Waals surface area contributed by atoms with Gasteiger partial charge in [-0.05, 0) is 34.1 Å². The van der Waals surface area contributed by atoms with Crippen LogP contribution in [0, 0.1) is 5.82 Å². The van der Waals surface area contributed by atoms with Crippen LogP contribution >= 0.6 is 50.5 Å². The van der Waals surface area contributed by atoms with Crippen molar-refractivity contribution in [3.63, 3.8) is 0 Å². The van der Waals surface area contributed by atoms with Gasteiger partial charge in [0.1, 0.15) is 11.6 Å². The maximum absolute atomic E-state index is 13.8. The van der Waals surface area contributed by atoms with E-state index in [9.17, 15) is 4.39 Å². The van der Waals surface area contributed by atoms with E-state index in [2.05, 4.69) is 20.9 Å². The van der Waals surface area contributed by atoms with Gasteiger partial charge in [-0.2, -0.15) is 0 Å². The summed E-state index contributed by atoms with van der Waals surface area (Å²) in [6, 6.07) is 7.03. The lowest BCUT2D eigenvalue weighted by atomic mass is 10.3. The Bertz CT molecular complexity index is 800. The lowest BCUT2D eigenvalue weighted by molar-refractivity contribution is 0.628. The monoisotopic (exact) mass is 406 g/mol. The number of nitrogens with zero attached hydrogens (tertiary/aromatic N) is 2. The van der Waals surface area contributed by atoms with E-state index < -0.39 is 5.82 Å². The molecule has 0 radical (unpaired) electrons. The van der Waals surface area contributed by atoms with Crippen molar-refractivity contribution in [1.82, 2.24) is 9.55 Å². The number of hydrogen-bond acceptors (Lipinski definition) is 2. The van der Waals surface area contributed by atoms with Gasteiger partial charge in [0.15, 0.2) is 0 Å². The van der Waals surface area contributed by atoms with Gasteiger partial charge in [-0.3, -0.25) is 0 Å². The van der Waals surface area contributed by atoms with Gasteiger partial charge in [0, 0.05) is 23.2 Å². The van der Waals surface area contributed by atoms with Crippen molar-refractivity contribution in [2.75, 3.05) is 5.88 Å². The van der Waals surface area contributed by atoms with Crippen molar-refractivity contribution < 1.29 is 4.39 Å². The molecular formula is C14H10BrCl2FN2S. The van der Waals surface area contributed by atoms with Gasteiger partial charge in [0.05, 0.1) is 26.4 Å². The van der Waals surface area contributed by atoms with E-state index in [0.29, 0.717) is 24.4 Å². The number of benzene rings is 1. The first-order chi connectivity index (χ1) is 10.1. The van der Waals surface area contributed by atoms with Crippen LogP contribution in [0.15, 0.2) is 28.1 Å². The average molecular weight is 408 g/mol. The molecule has 1 aromatic carbocycles. The summed E-state index contributed by atoms with van der Waals surface area (Å²) in [5.41, 5.74) is 1.43. The molecule has 2 heterocycles. The van der Waals surface area contributed by atoms with Crippen LogP contribution in [0.4, 0.5) is 4.39 Å². The van der Waals surface area contributed by atoms with E-state index >= 15 is 0 Å². The second kappa shape index (κ2) is 6.24. The predicted octanol–water partition coefficient (Wildman–Crippen LogP) is 5.48. The number of aryl methyl sites for hydroxylation is 1. The Morgan fingerprint density at radius 2 is 2.14 bits per heavy atom. The number of halogens is 4. The van der Waals surface area contributed by atoms with Crippen LogP contribution in [0.2, 0.25) is 5.02 Å². The molecule has 2 nitrogen and oxygen atoms in total. The molecule has 0 aliphatic rings. The fourth-order valence-corrected chi connectivity index (χ4v) is 4.01. The summed E-state index contributed by atoms with van der Waals surface area (Å²) >= 11 is 16.8. The minimum Gasteiger partial charge on any atom is -0.323 e. The summed E-state index contributed by atoms with van der Waals surface area (Å²) in [5.74, 6) is 0.870. The van der Waals surface area contributed by atoms with Crippen LogP contribution in [0.3, 0.4) is 0 Å². The molecule has 3 rings (SSSR count). The zero-order valence-electron chi connectivity index (χ0n) is 10.7. The minimum absolute atomic E-state index is 0.0865. The van der Waals surface area contributed by atoms with Crippen molar-refractivity contribution in [3.05, 3.63) is 49.6 Å². The van der Waals surface area contributed by atoms with Gasteiger partial charge in [-0.25, -0.2) is 9.37 Å². The first-order valence-corrected chi connectivity index (χ1v) is 8.75. The molecule has 0 bridgehead atoms. The molecule has 0 saturated heterocycles. The molecule has 0 aliphatic heterocycles. The molecule has 2 aromatic heterocycles. The molecule has 0 unspecified atom stereocenters. The fourth-order valence-electron chi connectivity index (χ4n) is 2.21. The zero-order chi connectivity index (χ0) is 15.0. The van der Waals surface area contributed by atoms with Gasteiger partial charge in [0.2, 0.25) is 0 Å². The lowest BCUT2D eigenvalue weighted by Gasteiger charge is -2.07. The second-order valence-electron chi connectivity index (χ2n) is 4.51. The van der Waals surface area contributed by atoms with Gasteiger partial charge in [0.25, 0.3) is 0 Å². The van der Waals surface area contributed by atoms with Gasteiger partial charge in [-0.15, -0.1) is 22.9 Å². The molecule has 0 atom stereocenters. The molecule has 0 amide bonds. The maximum atomic E-state index is 13.8. The summed E-state index contributed by atoms with van der Waals surface area (Å²) in [6.07, 6.45) is 0.627. The van der Waals surface area contributed by atoms with Crippen LogP contribution in [0.25, 0.3) is 11.0 Å². The first-order valence-electron chi connectivity index (χ1n) is 6.23. The highest BCUT2D eigenvalue weighted by Gasteiger charge is 2.14. The quantitative estimate of drug-likeness (QED) is 0.523. The SMILES string of the molecule is Fc1cc2c(cc1Cl)nc(CCCl)n2Cc1ccc(Br)s1. The minimum atomic E-state index is -0.435. The number of hydrogen-bond donors (Lipinski definition) is 0. The Morgan fingerprint density at radius 3 is 2.81 bits per heavy atom. The molecule has 0 spiro atoms. The third-order valence-electron chi connectivity index (χ3n) is 3.13. The Hall–Kier alpha value is -0.620. The summed E-state index contributed by atoms with van der Waals surface area (Å²) in [7, 11) is 0. The average Bonchev–Trinajstić information content (AvgIpc) is 2.97. The number of aromatic nitrogens is 2. The van der Waals surface area contributed by atoms with E-state index in [0.717, 1.165) is 20.0 Å². The molecular weight excluding hydrogens is 398 g/mol. The van der Waals surface area contributed by atoms with Crippen LogP contribution in [0.1, 0.15) is 10.7 Å². The highest BCUT2D eigenvalue weighted by atomic mass is 79.9. The molecule has 0 fully saturated rings.